The van der Waals surface area contributed by atoms with Crippen molar-refractivity contribution in [2.75, 3.05) is 0 Å². The Labute approximate surface area is 96.3 Å². The van der Waals surface area contributed by atoms with Crippen LogP contribution in [0.1, 0.15) is 32.4 Å². The average Bonchev–Trinajstić information content (AvgIpc) is 1.99. The fourth-order valence-electron chi connectivity index (χ4n) is 1.30. The zero-order chi connectivity index (χ0) is 10.9. The van der Waals surface area contributed by atoms with Crippen molar-refractivity contribution >= 4 is 12.4 Å². The first-order valence-corrected chi connectivity index (χ1v) is 4.59. The lowest BCUT2D eigenvalue weighted by Gasteiger charge is -2.27. The third-order valence-electron chi connectivity index (χ3n) is 2.22. The first-order chi connectivity index (χ1) is 6.30. The van der Waals surface area contributed by atoms with Gasteiger partial charge in [-0.3, -0.25) is 0 Å². The Morgan fingerprint density at radius 3 is 1.80 bits per heavy atom. The molecule has 1 aromatic carbocycles. The Morgan fingerprint density at radius 2 is 1.47 bits per heavy atom. The van der Waals surface area contributed by atoms with Gasteiger partial charge in [-0.25, -0.2) is 0 Å². The molecule has 0 aliphatic rings. The molecule has 0 heterocycles. The number of benzene rings is 1. The van der Waals surface area contributed by atoms with Gasteiger partial charge in [0.1, 0.15) is 11.5 Å². The van der Waals surface area contributed by atoms with Crippen molar-refractivity contribution in [2.24, 2.45) is 11.1 Å². The number of hydrogen-bond acceptors (Lipinski definition) is 3. The maximum Gasteiger partial charge on any atom is 0.119 e. The van der Waals surface area contributed by atoms with Gasteiger partial charge in [0.05, 0.1) is 0 Å². The lowest BCUT2D eigenvalue weighted by atomic mass is 9.83. The zero-order valence-corrected chi connectivity index (χ0v) is 10.0. The molecule has 4 N–H and O–H groups in total. The molecule has 86 valence electrons. The number of aromatic hydroxyl groups is 2. The molecule has 0 saturated carbocycles. The molecule has 0 unspecified atom stereocenters. The summed E-state index contributed by atoms with van der Waals surface area (Å²) in [5.74, 6) is 0.0828. The van der Waals surface area contributed by atoms with Crippen LogP contribution < -0.4 is 5.73 Å². The minimum Gasteiger partial charge on any atom is -0.508 e. The number of nitrogens with two attached hydrogens (primary N) is 1. The zero-order valence-electron chi connectivity index (χ0n) is 9.19. The third kappa shape index (κ3) is 3.61. The number of rotatable bonds is 1. The van der Waals surface area contributed by atoms with Crippen molar-refractivity contribution < 1.29 is 10.2 Å². The average molecular weight is 232 g/mol. The Hall–Kier alpha value is -0.930. The molecule has 3 nitrogen and oxygen atoms in total. The molecular weight excluding hydrogens is 214 g/mol. The first-order valence-electron chi connectivity index (χ1n) is 4.59. The molecule has 15 heavy (non-hydrogen) atoms. The monoisotopic (exact) mass is 231 g/mol. The Balaban J connectivity index is 0.00000196. The number of phenols is 2. The second-order valence-electron chi connectivity index (χ2n) is 4.63. The van der Waals surface area contributed by atoms with Crippen LogP contribution in [0.2, 0.25) is 0 Å². The summed E-state index contributed by atoms with van der Waals surface area (Å²) < 4.78 is 0. The van der Waals surface area contributed by atoms with E-state index in [0.29, 0.717) is 0 Å². The van der Waals surface area contributed by atoms with E-state index in [9.17, 15) is 10.2 Å². The van der Waals surface area contributed by atoms with Gasteiger partial charge >= 0.3 is 0 Å². The summed E-state index contributed by atoms with van der Waals surface area (Å²) in [6.45, 7) is 6.04. The molecule has 1 aromatic rings. The van der Waals surface area contributed by atoms with Crippen LogP contribution in [0.15, 0.2) is 18.2 Å². The number of phenolic OH excluding ortho intramolecular Hbond substituents is 2. The molecule has 0 aliphatic heterocycles. The molecule has 0 spiro atoms. The lowest BCUT2D eigenvalue weighted by Crippen LogP contribution is -2.26. The second-order valence-corrected chi connectivity index (χ2v) is 4.63. The van der Waals surface area contributed by atoms with Crippen molar-refractivity contribution in [1.82, 2.24) is 0 Å². The maximum atomic E-state index is 9.29. The highest BCUT2D eigenvalue weighted by atomic mass is 35.5. The SMILES string of the molecule is CC(C)(C)[C@H](N)c1cc(O)cc(O)c1.Cl. The van der Waals surface area contributed by atoms with E-state index in [0.717, 1.165) is 5.56 Å². The molecule has 0 radical (unpaired) electrons. The lowest BCUT2D eigenvalue weighted by molar-refractivity contribution is 0.325. The van der Waals surface area contributed by atoms with Crippen molar-refractivity contribution in [3.05, 3.63) is 23.8 Å². The van der Waals surface area contributed by atoms with Gasteiger partial charge in [0.15, 0.2) is 0 Å². The largest absolute Gasteiger partial charge is 0.508 e. The summed E-state index contributed by atoms with van der Waals surface area (Å²) in [4.78, 5) is 0. The smallest absolute Gasteiger partial charge is 0.119 e. The second kappa shape index (κ2) is 4.73. The predicted molar refractivity (Wildman–Crippen MR) is 63.4 cm³/mol. The molecular formula is C11H18ClNO2. The fourth-order valence-corrected chi connectivity index (χ4v) is 1.30. The van der Waals surface area contributed by atoms with Crippen LogP contribution in [-0.2, 0) is 0 Å². The fraction of sp³-hybridized carbons (Fsp3) is 0.455. The molecule has 0 fully saturated rings. The number of halogens is 1. The van der Waals surface area contributed by atoms with Crippen LogP contribution in [-0.4, -0.2) is 10.2 Å². The van der Waals surface area contributed by atoms with Crippen molar-refractivity contribution in [3.8, 4) is 11.5 Å². The van der Waals surface area contributed by atoms with Crippen LogP contribution in [0.4, 0.5) is 0 Å². The first kappa shape index (κ1) is 14.1. The maximum absolute atomic E-state index is 9.29. The van der Waals surface area contributed by atoms with Crippen LogP contribution in [0.25, 0.3) is 0 Å². The molecule has 0 bridgehead atoms. The van der Waals surface area contributed by atoms with Gasteiger partial charge in [0, 0.05) is 12.1 Å². The standard InChI is InChI=1S/C11H17NO2.ClH/c1-11(2,3)10(12)7-4-8(13)6-9(14)5-7;/h4-6,10,13-14H,12H2,1-3H3;1H/t10-;/m1./s1. The summed E-state index contributed by atoms with van der Waals surface area (Å²) in [6, 6.07) is 4.24. The van der Waals surface area contributed by atoms with Gasteiger partial charge in [-0.05, 0) is 23.1 Å². The highest BCUT2D eigenvalue weighted by molar-refractivity contribution is 5.85. The van der Waals surface area contributed by atoms with Gasteiger partial charge in [-0.15, -0.1) is 12.4 Å². The van der Waals surface area contributed by atoms with Crippen LogP contribution >= 0.6 is 12.4 Å². The molecule has 1 atom stereocenters. The molecule has 0 saturated heterocycles. The summed E-state index contributed by atoms with van der Waals surface area (Å²) in [5, 5.41) is 18.6. The third-order valence-corrected chi connectivity index (χ3v) is 2.22. The van der Waals surface area contributed by atoms with E-state index < -0.39 is 0 Å². The minimum atomic E-state index is -0.208. The van der Waals surface area contributed by atoms with E-state index in [-0.39, 0.29) is 35.4 Å². The van der Waals surface area contributed by atoms with E-state index in [1.165, 1.54) is 6.07 Å². The Morgan fingerprint density at radius 1 is 1.07 bits per heavy atom. The molecule has 1 rings (SSSR count). The quantitative estimate of drug-likeness (QED) is 0.696. The molecule has 4 heteroatoms. The van der Waals surface area contributed by atoms with Gasteiger partial charge in [-0.1, -0.05) is 20.8 Å². The van der Waals surface area contributed by atoms with Gasteiger partial charge < -0.3 is 15.9 Å². The predicted octanol–water partition coefficient (Wildman–Crippen LogP) is 2.57. The van der Waals surface area contributed by atoms with E-state index in [1.54, 1.807) is 12.1 Å². The van der Waals surface area contributed by atoms with Gasteiger partial charge in [0.25, 0.3) is 0 Å². The summed E-state index contributed by atoms with van der Waals surface area (Å²) >= 11 is 0. The number of hydrogen-bond donors (Lipinski definition) is 3. The van der Waals surface area contributed by atoms with Crippen LogP contribution in [0, 0.1) is 5.41 Å². The Bertz CT molecular complexity index is 314. The highest BCUT2D eigenvalue weighted by Gasteiger charge is 2.22. The van der Waals surface area contributed by atoms with Crippen molar-refractivity contribution in [2.45, 2.75) is 26.8 Å². The van der Waals surface area contributed by atoms with E-state index in [1.807, 2.05) is 20.8 Å². The topological polar surface area (TPSA) is 66.5 Å². The molecule has 0 aromatic heterocycles. The normalized spacial score (nSPS) is 13.1. The summed E-state index contributed by atoms with van der Waals surface area (Å²) in [7, 11) is 0. The summed E-state index contributed by atoms with van der Waals surface area (Å²) in [5.41, 5.74) is 6.64. The van der Waals surface area contributed by atoms with Gasteiger partial charge in [0.2, 0.25) is 0 Å². The van der Waals surface area contributed by atoms with Crippen LogP contribution in [0.5, 0.6) is 11.5 Å². The van der Waals surface area contributed by atoms with Gasteiger partial charge in [-0.2, -0.15) is 0 Å². The van der Waals surface area contributed by atoms with Crippen molar-refractivity contribution in [1.29, 1.82) is 0 Å². The van der Waals surface area contributed by atoms with E-state index >= 15 is 0 Å². The molecule has 0 amide bonds. The van der Waals surface area contributed by atoms with E-state index in [2.05, 4.69) is 0 Å². The molecule has 0 aliphatic carbocycles. The van der Waals surface area contributed by atoms with Crippen LogP contribution in [0.3, 0.4) is 0 Å². The highest BCUT2D eigenvalue weighted by Crippen LogP contribution is 2.33. The summed E-state index contributed by atoms with van der Waals surface area (Å²) in [6.07, 6.45) is 0. The Kier molecular flexibility index (Phi) is 4.43. The minimum absolute atomic E-state index is 0. The van der Waals surface area contributed by atoms with Crippen molar-refractivity contribution in [3.63, 3.8) is 0 Å². The van der Waals surface area contributed by atoms with E-state index in [4.69, 9.17) is 5.73 Å².